The Labute approximate surface area is 102 Å². The van der Waals surface area contributed by atoms with Crippen LogP contribution in [-0.2, 0) is 4.79 Å². The van der Waals surface area contributed by atoms with Gasteiger partial charge in [0.25, 0.3) is 0 Å². The van der Waals surface area contributed by atoms with Crippen LogP contribution < -0.4 is 11.1 Å². The molecule has 3 N–H and O–H groups in total. The van der Waals surface area contributed by atoms with Crippen molar-refractivity contribution < 1.29 is 4.79 Å². The highest BCUT2D eigenvalue weighted by Crippen LogP contribution is 2.43. The predicted molar refractivity (Wildman–Crippen MR) is 68.0 cm³/mol. The van der Waals surface area contributed by atoms with E-state index in [1.807, 2.05) is 0 Å². The largest absolute Gasteiger partial charge is 0.392 e. The molecule has 3 nitrogen and oxygen atoms in total. The Balaban J connectivity index is 1.86. The minimum absolute atomic E-state index is 0.0786. The fraction of sp³-hybridized carbons (Fsp3) is 0.833. The van der Waals surface area contributed by atoms with Gasteiger partial charge in [0.2, 0.25) is 5.91 Å². The van der Waals surface area contributed by atoms with E-state index in [0.717, 1.165) is 25.7 Å². The third-order valence-corrected chi connectivity index (χ3v) is 4.40. The van der Waals surface area contributed by atoms with Gasteiger partial charge in [-0.05, 0) is 31.6 Å². The number of nitrogens with one attached hydrogen (secondary N) is 1. The second-order valence-electron chi connectivity index (χ2n) is 5.16. The smallest absolute Gasteiger partial charge is 0.233 e. The van der Waals surface area contributed by atoms with Crippen molar-refractivity contribution in [3.8, 4) is 0 Å². The van der Waals surface area contributed by atoms with Gasteiger partial charge in [-0.15, -0.1) is 0 Å². The monoisotopic (exact) mass is 240 g/mol. The molecule has 0 spiro atoms. The molecule has 2 aliphatic rings. The van der Waals surface area contributed by atoms with E-state index in [0.29, 0.717) is 16.9 Å². The van der Waals surface area contributed by atoms with Crippen molar-refractivity contribution in [2.24, 2.45) is 17.1 Å². The van der Waals surface area contributed by atoms with Crippen LogP contribution in [0.25, 0.3) is 0 Å². The highest BCUT2D eigenvalue weighted by Gasteiger charge is 2.49. The fourth-order valence-electron chi connectivity index (χ4n) is 2.54. The average Bonchev–Trinajstić information content (AvgIpc) is 2.80. The molecule has 1 amide bonds. The molecule has 2 aliphatic carbocycles. The Morgan fingerprint density at radius 3 is 2.69 bits per heavy atom. The maximum Gasteiger partial charge on any atom is 0.233 e. The summed E-state index contributed by atoms with van der Waals surface area (Å²) in [6, 6.07) is 0.388. The van der Waals surface area contributed by atoms with Crippen molar-refractivity contribution in [1.82, 2.24) is 5.32 Å². The van der Waals surface area contributed by atoms with Gasteiger partial charge in [0.15, 0.2) is 0 Å². The van der Waals surface area contributed by atoms with Crippen molar-refractivity contribution in [2.45, 2.75) is 51.5 Å². The first-order valence-electron chi connectivity index (χ1n) is 6.21. The van der Waals surface area contributed by atoms with Gasteiger partial charge in [-0.2, -0.15) is 0 Å². The molecule has 2 rings (SSSR count). The molecule has 0 bridgehead atoms. The minimum atomic E-state index is -0.505. The normalized spacial score (nSPS) is 30.3. The summed E-state index contributed by atoms with van der Waals surface area (Å²) in [5.41, 5.74) is 5.19. The summed E-state index contributed by atoms with van der Waals surface area (Å²) in [6.45, 7) is 2.18. The van der Waals surface area contributed by atoms with Crippen LogP contribution in [0.4, 0.5) is 0 Å². The summed E-state index contributed by atoms with van der Waals surface area (Å²) in [6.07, 6.45) is 6.27. The molecule has 2 fully saturated rings. The third-order valence-electron chi connectivity index (χ3n) is 4.01. The molecule has 2 unspecified atom stereocenters. The van der Waals surface area contributed by atoms with E-state index < -0.39 is 5.41 Å². The van der Waals surface area contributed by atoms with Crippen LogP contribution in [0.3, 0.4) is 0 Å². The van der Waals surface area contributed by atoms with Crippen LogP contribution in [0, 0.1) is 11.3 Å². The lowest BCUT2D eigenvalue weighted by Crippen LogP contribution is -2.53. The molecule has 0 heterocycles. The number of nitrogens with two attached hydrogens (primary N) is 1. The zero-order valence-corrected chi connectivity index (χ0v) is 10.6. The van der Waals surface area contributed by atoms with Gasteiger partial charge in [-0.3, -0.25) is 4.79 Å². The molecule has 0 saturated heterocycles. The number of amides is 1. The summed E-state index contributed by atoms with van der Waals surface area (Å²) < 4.78 is 0. The van der Waals surface area contributed by atoms with Gasteiger partial charge in [0.05, 0.1) is 10.4 Å². The average molecular weight is 240 g/mol. The minimum Gasteiger partial charge on any atom is -0.392 e. The van der Waals surface area contributed by atoms with Crippen molar-refractivity contribution >= 4 is 23.1 Å². The van der Waals surface area contributed by atoms with Crippen LogP contribution in [0.15, 0.2) is 0 Å². The van der Waals surface area contributed by atoms with E-state index in [9.17, 15) is 4.79 Å². The summed E-state index contributed by atoms with van der Waals surface area (Å²) in [5, 5.41) is 3.11. The number of carbonyl (C=O) groups is 1. The lowest BCUT2D eigenvalue weighted by atomic mass is 9.68. The quantitative estimate of drug-likeness (QED) is 0.720. The van der Waals surface area contributed by atoms with E-state index >= 15 is 0 Å². The standard InChI is InChI=1S/C12H20N2OS/c1-2-4-8-7-9(8)14-11(15)12(10(13)16)5-3-6-12/h8-9H,2-7H2,1H3,(H2,13,16)(H,14,15). The molecule has 16 heavy (non-hydrogen) atoms. The van der Waals surface area contributed by atoms with E-state index in [1.54, 1.807) is 0 Å². The van der Waals surface area contributed by atoms with Crippen LogP contribution in [-0.4, -0.2) is 16.9 Å². The summed E-state index contributed by atoms with van der Waals surface area (Å²) in [4.78, 5) is 12.5. The molecule has 0 aromatic heterocycles. The van der Waals surface area contributed by atoms with Gasteiger partial charge in [-0.25, -0.2) is 0 Å². The second kappa shape index (κ2) is 4.32. The molecular weight excluding hydrogens is 220 g/mol. The van der Waals surface area contributed by atoms with E-state index in [1.165, 1.54) is 12.8 Å². The lowest BCUT2D eigenvalue weighted by molar-refractivity contribution is -0.131. The number of hydrogen-bond acceptors (Lipinski definition) is 2. The predicted octanol–water partition coefficient (Wildman–Crippen LogP) is 1.75. The molecule has 0 aromatic rings. The first-order valence-corrected chi connectivity index (χ1v) is 6.62. The Hall–Kier alpha value is -0.640. The first kappa shape index (κ1) is 11.8. The third kappa shape index (κ3) is 1.95. The van der Waals surface area contributed by atoms with Crippen LogP contribution in [0.2, 0.25) is 0 Å². The van der Waals surface area contributed by atoms with Crippen LogP contribution in [0.1, 0.15) is 45.4 Å². The number of hydrogen-bond donors (Lipinski definition) is 2. The Morgan fingerprint density at radius 1 is 1.56 bits per heavy atom. The van der Waals surface area contributed by atoms with Crippen LogP contribution in [0.5, 0.6) is 0 Å². The first-order chi connectivity index (χ1) is 7.60. The fourth-order valence-corrected chi connectivity index (χ4v) is 2.83. The SMILES string of the molecule is CCCC1CC1NC(=O)C1(C(N)=S)CCC1. The zero-order valence-electron chi connectivity index (χ0n) is 9.79. The molecule has 2 saturated carbocycles. The number of carbonyl (C=O) groups excluding carboxylic acids is 1. The number of rotatable bonds is 5. The maximum absolute atomic E-state index is 12.1. The highest BCUT2D eigenvalue weighted by molar-refractivity contribution is 7.80. The zero-order chi connectivity index (χ0) is 11.8. The van der Waals surface area contributed by atoms with Crippen LogP contribution >= 0.6 is 12.2 Å². The van der Waals surface area contributed by atoms with E-state index in [4.69, 9.17) is 18.0 Å². The molecule has 0 aromatic carbocycles. The van der Waals surface area contributed by atoms with E-state index in [2.05, 4.69) is 12.2 Å². The van der Waals surface area contributed by atoms with Crippen molar-refractivity contribution in [2.75, 3.05) is 0 Å². The molecular formula is C12H20N2OS. The number of thiocarbonyl (C=S) groups is 1. The van der Waals surface area contributed by atoms with Gasteiger partial charge < -0.3 is 11.1 Å². The summed E-state index contributed by atoms with van der Waals surface area (Å²) in [5.74, 6) is 0.771. The Kier molecular flexibility index (Phi) is 3.19. The molecule has 90 valence electrons. The topological polar surface area (TPSA) is 55.1 Å². The van der Waals surface area contributed by atoms with E-state index in [-0.39, 0.29) is 5.91 Å². The van der Waals surface area contributed by atoms with Gasteiger partial charge in [0.1, 0.15) is 0 Å². The van der Waals surface area contributed by atoms with Crippen molar-refractivity contribution in [1.29, 1.82) is 0 Å². The van der Waals surface area contributed by atoms with Crippen molar-refractivity contribution in [3.05, 3.63) is 0 Å². The molecule has 4 heteroatoms. The second-order valence-corrected chi connectivity index (χ2v) is 5.60. The lowest BCUT2D eigenvalue weighted by Gasteiger charge is -2.39. The Morgan fingerprint density at radius 2 is 2.25 bits per heavy atom. The van der Waals surface area contributed by atoms with Gasteiger partial charge in [-0.1, -0.05) is 32.0 Å². The summed E-state index contributed by atoms with van der Waals surface area (Å²) >= 11 is 5.03. The Bertz CT molecular complexity index is 312. The highest BCUT2D eigenvalue weighted by atomic mass is 32.1. The molecule has 0 radical (unpaired) electrons. The van der Waals surface area contributed by atoms with Gasteiger partial charge >= 0.3 is 0 Å². The summed E-state index contributed by atoms with van der Waals surface area (Å²) in [7, 11) is 0. The van der Waals surface area contributed by atoms with Crippen molar-refractivity contribution in [3.63, 3.8) is 0 Å². The van der Waals surface area contributed by atoms with Gasteiger partial charge in [0, 0.05) is 6.04 Å². The maximum atomic E-state index is 12.1. The molecule has 2 atom stereocenters. The molecule has 0 aliphatic heterocycles.